The van der Waals surface area contributed by atoms with E-state index in [-0.39, 0.29) is 135 Å². The molecule has 1 aromatic rings. The smallest absolute Gasteiger partial charge is 0.868 e. The summed E-state index contributed by atoms with van der Waals surface area (Å²) in [5.41, 5.74) is -1.21. The Kier molecular flexibility index (Phi) is 24.8. The first kappa shape index (κ1) is 51.6. The van der Waals surface area contributed by atoms with E-state index in [2.05, 4.69) is 16.0 Å². The molecule has 22 heteroatoms. The summed E-state index contributed by atoms with van der Waals surface area (Å²) in [6, 6.07) is -1.55. The fraction of sp³-hybridized carbons (Fsp3) is 0.576. The molecule has 0 aliphatic carbocycles. The van der Waals surface area contributed by atoms with Crippen molar-refractivity contribution in [2.24, 2.45) is 0 Å². The van der Waals surface area contributed by atoms with Crippen molar-refractivity contribution in [2.45, 2.75) is 30.8 Å². The fourth-order valence-corrected chi connectivity index (χ4v) is 5.56. The average Bonchev–Trinajstić information content (AvgIpc) is 3.12. The third-order valence-electron chi connectivity index (χ3n) is 8.41. The molecule has 1 aromatic heterocycles. The molecule has 4 unspecified atom stereocenters. The van der Waals surface area contributed by atoms with Gasteiger partial charge >= 0.3 is 39.9 Å². The minimum Gasteiger partial charge on any atom is -0.868 e. The number of ether oxygens (including phenoxy) is 3. The third kappa shape index (κ3) is 14.9. The van der Waals surface area contributed by atoms with Crippen LogP contribution in [0, 0.1) is 39.9 Å². The van der Waals surface area contributed by atoms with Crippen LogP contribution in [0.2, 0.25) is 0 Å². The zero-order valence-corrected chi connectivity index (χ0v) is 33.1. The maximum absolute atomic E-state index is 13.1. The van der Waals surface area contributed by atoms with Gasteiger partial charge in [-0.1, -0.05) is 0 Å². The second kappa shape index (κ2) is 26.4. The van der Waals surface area contributed by atoms with Gasteiger partial charge in [0.25, 0.3) is 5.91 Å². The summed E-state index contributed by atoms with van der Waals surface area (Å²) in [7, 11) is 4.37. The second-order valence-electron chi connectivity index (χ2n) is 11.9. The van der Waals surface area contributed by atoms with Crippen LogP contribution in [0.25, 0.3) is 0 Å². The van der Waals surface area contributed by atoms with E-state index >= 15 is 0 Å². The van der Waals surface area contributed by atoms with Gasteiger partial charge in [0.05, 0.1) is 19.8 Å². The number of aromatic nitrogens is 1. The largest absolute Gasteiger partial charge is 3.00 e. The number of nitrogens with zero attached hydrogens (tertiary/aromatic N) is 4. The first-order chi connectivity index (χ1) is 24.9. The molecular weight excluding hydrogens is 876 g/mol. The number of amides is 3. The Labute approximate surface area is 349 Å². The molecule has 3 rings (SSSR count). The number of hydrogen-bond donors (Lipinski definition) is 3. The molecule has 0 aromatic carbocycles. The molecule has 2 aliphatic rings. The SMILES string of the molecule is COCCN1C=CC(=O)C([O-])C1C(=O)NCCN(CCNC(=O)c1c([O-])c(=O)ccn1CCOC)CCNC(=O)C1C([O-])C(=O)C=CN1CCOC.O.O.[Gd+3]. The van der Waals surface area contributed by atoms with Crippen molar-refractivity contribution in [3.63, 3.8) is 0 Å². The van der Waals surface area contributed by atoms with Gasteiger partial charge in [-0.05, 0) is 30.1 Å². The number of hydrogen-bond acceptors (Lipinski definition) is 15. The van der Waals surface area contributed by atoms with Crippen molar-refractivity contribution in [2.75, 3.05) is 93.5 Å². The molecule has 3 heterocycles. The predicted molar refractivity (Wildman–Crippen MR) is 185 cm³/mol. The molecule has 1 radical (unpaired) electrons. The third-order valence-corrected chi connectivity index (χ3v) is 8.41. The maximum atomic E-state index is 13.1. The van der Waals surface area contributed by atoms with Crippen molar-refractivity contribution in [3.8, 4) is 5.75 Å². The molecule has 0 saturated heterocycles. The van der Waals surface area contributed by atoms with Crippen LogP contribution in [0.1, 0.15) is 10.5 Å². The van der Waals surface area contributed by atoms with Gasteiger partial charge in [0, 0.05) is 105 Å². The zero-order chi connectivity index (χ0) is 38.2. The Morgan fingerprint density at radius 2 is 1.15 bits per heavy atom. The quantitative estimate of drug-likeness (QED) is 0.103. The summed E-state index contributed by atoms with van der Waals surface area (Å²) in [6.07, 6.45) is 2.64. The number of carbonyl (C=O) groups is 5. The summed E-state index contributed by atoms with van der Waals surface area (Å²) in [5.74, 6) is -4.58. The molecule has 7 N–H and O–H groups in total. The van der Waals surface area contributed by atoms with Crippen molar-refractivity contribution in [3.05, 3.63) is 52.7 Å². The minimum atomic E-state index is -1.84. The second-order valence-corrected chi connectivity index (χ2v) is 11.9. The van der Waals surface area contributed by atoms with E-state index < -0.39 is 64.8 Å². The van der Waals surface area contributed by atoms with Crippen LogP contribution < -0.4 is 36.7 Å². The summed E-state index contributed by atoms with van der Waals surface area (Å²) >= 11 is 0. The average molecular weight is 926 g/mol. The molecule has 4 atom stereocenters. The van der Waals surface area contributed by atoms with Crippen LogP contribution in [0.15, 0.2) is 41.6 Å². The number of carbonyl (C=O) groups excluding carboxylic acids is 5. The van der Waals surface area contributed by atoms with Gasteiger partial charge in [-0.3, -0.25) is 33.7 Å². The molecule has 0 bridgehead atoms. The summed E-state index contributed by atoms with van der Waals surface area (Å²) in [5, 5.41) is 45.9. The molecule has 55 heavy (non-hydrogen) atoms. The zero-order valence-electron chi connectivity index (χ0n) is 30.8. The predicted octanol–water partition coefficient (Wildman–Crippen LogP) is -7.53. The summed E-state index contributed by atoms with van der Waals surface area (Å²) < 4.78 is 16.4. The Balaban J connectivity index is 0.00000972. The van der Waals surface area contributed by atoms with Gasteiger partial charge in [-0.2, -0.15) is 0 Å². The van der Waals surface area contributed by atoms with Gasteiger partial charge in [0.1, 0.15) is 29.3 Å². The Morgan fingerprint density at radius 1 is 0.727 bits per heavy atom. The van der Waals surface area contributed by atoms with E-state index in [0.29, 0.717) is 0 Å². The van der Waals surface area contributed by atoms with Crippen LogP contribution in [0.5, 0.6) is 5.75 Å². The normalized spacial score (nSPS) is 18.9. The van der Waals surface area contributed by atoms with Gasteiger partial charge < -0.3 is 70.8 Å². The van der Waals surface area contributed by atoms with Crippen molar-refractivity contribution >= 4 is 29.3 Å². The number of nitrogens with one attached hydrogen (secondary N) is 3. The van der Waals surface area contributed by atoms with Gasteiger partial charge in [0.2, 0.25) is 11.8 Å². The van der Waals surface area contributed by atoms with Crippen molar-refractivity contribution < 1.29 is 104 Å². The van der Waals surface area contributed by atoms with E-state index in [1.54, 1.807) is 4.90 Å². The topological polar surface area (TPSA) is 313 Å². The molecule has 2 aliphatic heterocycles. The molecular formula is C33H50GdN7O14. The van der Waals surface area contributed by atoms with E-state index in [1.165, 1.54) is 54.3 Å². The van der Waals surface area contributed by atoms with Gasteiger partial charge in [-0.15, -0.1) is 0 Å². The minimum absolute atomic E-state index is 0. The molecule has 21 nitrogen and oxygen atoms in total. The van der Waals surface area contributed by atoms with E-state index in [0.717, 1.165) is 18.2 Å². The molecule has 3 amide bonds. The van der Waals surface area contributed by atoms with E-state index in [9.17, 15) is 44.1 Å². The van der Waals surface area contributed by atoms with Crippen LogP contribution in [-0.2, 0) is 39.9 Å². The Bertz CT molecular complexity index is 1460. The molecule has 0 spiro atoms. The number of ketones is 2. The van der Waals surface area contributed by atoms with Gasteiger partial charge in [0.15, 0.2) is 5.43 Å². The fourth-order valence-electron chi connectivity index (χ4n) is 5.56. The molecule has 0 saturated carbocycles. The molecule has 309 valence electrons. The number of pyridine rings is 1. The first-order valence-electron chi connectivity index (χ1n) is 16.7. The van der Waals surface area contributed by atoms with Crippen LogP contribution in [0.3, 0.4) is 0 Å². The standard InChI is InChI=1S/C33H47N7O12.Gd.2H2O/c1-50-19-16-38-10-4-22(41)28(44)25(38)31(47)34-7-13-37(14-8-35-32(48)26-29(45)23(42)5-11-39(26)17-20-51-2)15-9-36-33(49)27-30(46)24(43)6-12-40(27)18-21-52-3;;;/h4-6,10-12,25-26,28-29,46H,7-9,13-21H2,1-3H3,(H,34,47)(H,35,48)(H,36,49);;2*1H2/q-2;+3;;/p-1. The van der Waals surface area contributed by atoms with E-state index in [4.69, 9.17) is 14.2 Å². The molecule has 0 fully saturated rings. The number of methoxy groups -OCH3 is 3. The van der Waals surface area contributed by atoms with E-state index in [1.807, 2.05) is 0 Å². The van der Waals surface area contributed by atoms with Crippen LogP contribution >= 0.6 is 0 Å². The van der Waals surface area contributed by atoms with Crippen molar-refractivity contribution in [1.82, 2.24) is 35.2 Å². The first-order valence-corrected chi connectivity index (χ1v) is 16.7. The van der Waals surface area contributed by atoms with Gasteiger partial charge in [-0.25, -0.2) is 0 Å². The summed E-state index contributed by atoms with van der Waals surface area (Å²) in [4.78, 5) is 80.1. The van der Waals surface area contributed by atoms with Crippen LogP contribution in [0.4, 0.5) is 0 Å². The van der Waals surface area contributed by atoms with Crippen molar-refractivity contribution in [1.29, 1.82) is 0 Å². The Hall–Kier alpha value is -3.42. The van der Waals surface area contributed by atoms with Crippen LogP contribution in [-0.4, -0.2) is 177 Å². The summed E-state index contributed by atoms with van der Waals surface area (Å²) in [6.45, 7) is 1.51. The maximum Gasteiger partial charge on any atom is 3.00 e. The monoisotopic (exact) mass is 926 g/mol. The number of rotatable bonds is 21. The Morgan fingerprint density at radius 3 is 1.58 bits per heavy atom.